The first-order valence-corrected chi connectivity index (χ1v) is 6.74. The minimum absolute atomic E-state index is 0.0217. The largest absolute Gasteiger partial charge is 0.409 e. The third-order valence-electron chi connectivity index (χ3n) is 3.89. The third kappa shape index (κ3) is 2.94. The second kappa shape index (κ2) is 6.07. The summed E-state index contributed by atoms with van der Waals surface area (Å²) in [6.07, 6.45) is 5.39. The summed E-state index contributed by atoms with van der Waals surface area (Å²) in [4.78, 5) is 14.5. The van der Waals surface area contributed by atoms with Crippen molar-refractivity contribution < 1.29 is 10.0 Å². The summed E-state index contributed by atoms with van der Waals surface area (Å²) in [5.41, 5.74) is 4.70. The number of amidine groups is 1. The van der Waals surface area contributed by atoms with Crippen LogP contribution in [-0.4, -0.2) is 34.4 Å². The highest BCUT2D eigenvalue weighted by Gasteiger charge is 2.38. The second-order valence-corrected chi connectivity index (χ2v) is 5.52. The minimum Gasteiger partial charge on any atom is -0.409 e. The van der Waals surface area contributed by atoms with Gasteiger partial charge in [-0.15, -0.1) is 0 Å². The van der Waals surface area contributed by atoms with Crippen molar-refractivity contribution >= 4 is 11.7 Å². The first-order chi connectivity index (χ1) is 8.45. The maximum Gasteiger partial charge on any atom is 0.236 e. The van der Waals surface area contributed by atoms with Crippen LogP contribution in [0, 0.1) is 5.41 Å². The molecule has 0 aromatic carbocycles. The Balaban J connectivity index is 2.92. The molecule has 1 heterocycles. The van der Waals surface area contributed by atoms with Crippen LogP contribution in [0.4, 0.5) is 0 Å². The zero-order chi connectivity index (χ0) is 13.8. The van der Waals surface area contributed by atoms with Crippen molar-refractivity contribution in [2.45, 2.75) is 58.9 Å². The summed E-state index contributed by atoms with van der Waals surface area (Å²) in [5.74, 6) is -0.0573. The Hall–Kier alpha value is -1.26. The fourth-order valence-corrected chi connectivity index (χ4v) is 2.46. The number of hydrogen-bond donors (Lipinski definition) is 2. The smallest absolute Gasteiger partial charge is 0.236 e. The van der Waals surface area contributed by atoms with Crippen LogP contribution < -0.4 is 5.73 Å². The molecule has 3 N–H and O–H groups in total. The molecular formula is C13H25N3O2. The molecule has 1 rings (SSSR count). The average Bonchev–Trinajstić information content (AvgIpc) is 2.61. The van der Waals surface area contributed by atoms with Gasteiger partial charge in [-0.05, 0) is 33.1 Å². The van der Waals surface area contributed by atoms with Gasteiger partial charge >= 0.3 is 0 Å². The van der Waals surface area contributed by atoms with E-state index in [2.05, 4.69) is 12.1 Å². The lowest BCUT2D eigenvalue weighted by atomic mass is 9.89. The zero-order valence-electron chi connectivity index (χ0n) is 11.6. The maximum absolute atomic E-state index is 12.6. The monoisotopic (exact) mass is 255 g/mol. The summed E-state index contributed by atoms with van der Waals surface area (Å²) in [5, 5.41) is 11.8. The molecule has 1 aliphatic heterocycles. The van der Waals surface area contributed by atoms with Crippen molar-refractivity contribution in [3.05, 3.63) is 0 Å². The van der Waals surface area contributed by atoms with Crippen LogP contribution >= 0.6 is 0 Å². The normalized spacial score (nSPS) is 22.7. The van der Waals surface area contributed by atoms with Crippen LogP contribution in [0.25, 0.3) is 0 Å². The number of likely N-dealkylation sites (tertiary alicyclic amines) is 1. The number of nitrogens with two attached hydrogens (primary N) is 1. The van der Waals surface area contributed by atoms with Crippen molar-refractivity contribution in [2.75, 3.05) is 6.54 Å². The number of hydrogen-bond acceptors (Lipinski definition) is 3. The van der Waals surface area contributed by atoms with Crippen molar-refractivity contribution in [2.24, 2.45) is 16.3 Å². The molecular weight excluding hydrogens is 230 g/mol. The van der Waals surface area contributed by atoms with E-state index < -0.39 is 5.41 Å². The molecule has 1 atom stereocenters. The van der Waals surface area contributed by atoms with Crippen molar-refractivity contribution in [3.8, 4) is 0 Å². The zero-order valence-corrected chi connectivity index (χ0v) is 11.6. The van der Waals surface area contributed by atoms with Gasteiger partial charge in [0.25, 0.3) is 0 Å². The van der Waals surface area contributed by atoms with Crippen molar-refractivity contribution in [1.29, 1.82) is 0 Å². The Morgan fingerprint density at radius 2 is 2.11 bits per heavy atom. The average molecular weight is 255 g/mol. The topological polar surface area (TPSA) is 78.9 Å². The Morgan fingerprint density at radius 1 is 1.44 bits per heavy atom. The minimum atomic E-state index is -0.938. The summed E-state index contributed by atoms with van der Waals surface area (Å²) < 4.78 is 0. The highest BCUT2D eigenvalue weighted by Crippen LogP contribution is 2.26. The molecule has 18 heavy (non-hydrogen) atoms. The van der Waals surface area contributed by atoms with Gasteiger partial charge in [0.15, 0.2) is 5.84 Å². The number of nitrogens with zero attached hydrogens (tertiary/aromatic N) is 2. The highest BCUT2D eigenvalue weighted by atomic mass is 16.4. The van der Waals surface area contributed by atoms with Crippen LogP contribution in [0.2, 0.25) is 0 Å². The van der Waals surface area contributed by atoms with E-state index in [1.165, 1.54) is 12.8 Å². The van der Waals surface area contributed by atoms with Gasteiger partial charge in [-0.25, -0.2) is 0 Å². The van der Waals surface area contributed by atoms with E-state index >= 15 is 0 Å². The van der Waals surface area contributed by atoms with E-state index in [0.717, 1.165) is 25.8 Å². The Labute approximate surface area is 109 Å². The fraction of sp³-hybridized carbons (Fsp3) is 0.846. The molecule has 0 aromatic rings. The Morgan fingerprint density at radius 3 is 2.67 bits per heavy atom. The van der Waals surface area contributed by atoms with Crippen LogP contribution in [0.5, 0.6) is 0 Å². The molecule has 0 bridgehead atoms. The molecule has 104 valence electrons. The van der Waals surface area contributed by atoms with E-state index in [4.69, 9.17) is 10.9 Å². The van der Waals surface area contributed by atoms with Gasteiger partial charge in [0.1, 0.15) is 5.41 Å². The van der Waals surface area contributed by atoms with Gasteiger partial charge in [0, 0.05) is 12.6 Å². The summed E-state index contributed by atoms with van der Waals surface area (Å²) >= 11 is 0. The molecule has 1 fully saturated rings. The van der Waals surface area contributed by atoms with E-state index in [0.29, 0.717) is 0 Å². The molecule has 1 amide bonds. The maximum atomic E-state index is 12.6. The number of amides is 1. The molecule has 1 saturated heterocycles. The van der Waals surface area contributed by atoms with Gasteiger partial charge in [-0.3, -0.25) is 4.79 Å². The number of rotatable bonds is 3. The molecule has 0 radical (unpaired) electrons. The molecule has 5 nitrogen and oxygen atoms in total. The summed E-state index contributed by atoms with van der Waals surface area (Å²) in [6, 6.07) is 0.283. The molecule has 1 unspecified atom stereocenters. The predicted molar refractivity (Wildman–Crippen MR) is 71.4 cm³/mol. The predicted octanol–water partition coefficient (Wildman–Crippen LogP) is 1.94. The van der Waals surface area contributed by atoms with Crippen LogP contribution in [0.3, 0.4) is 0 Å². The van der Waals surface area contributed by atoms with E-state index in [1.807, 2.05) is 4.90 Å². The highest BCUT2D eigenvalue weighted by molar-refractivity contribution is 6.06. The second-order valence-electron chi connectivity index (χ2n) is 5.52. The molecule has 0 saturated carbocycles. The van der Waals surface area contributed by atoms with Crippen LogP contribution in [0.1, 0.15) is 52.9 Å². The van der Waals surface area contributed by atoms with Gasteiger partial charge in [-0.2, -0.15) is 0 Å². The quantitative estimate of drug-likeness (QED) is 0.350. The lowest BCUT2D eigenvalue weighted by Crippen LogP contribution is -2.51. The number of oxime groups is 1. The fourth-order valence-electron chi connectivity index (χ4n) is 2.46. The standard InChI is InChI=1S/C13H25N3O2/c1-4-10-8-6-5-7-9-16(10)12(17)13(2,3)11(14)15-18/h10,18H,4-9H2,1-3H3,(H2,14,15). The third-order valence-corrected chi connectivity index (χ3v) is 3.89. The molecule has 0 aliphatic carbocycles. The van der Waals surface area contributed by atoms with Gasteiger partial charge in [0.2, 0.25) is 5.91 Å². The molecule has 0 spiro atoms. The van der Waals surface area contributed by atoms with Crippen molar-refractivity contribution in [3.63, 3.8) is 0 Å². The van der Waals surface area contributed by atoms with Gasteiger partial charge < -0.3 is 15.8 Å². The first kappa shape index (κ1) is 14.8. The lowest BCUT2D eigenvalue weighted by Gasteiger charge is -2.35. The Kier molecular flexibility index (Phi) is 4.99. The number of carbonyl (C=O) groups is 1. The molecule has 1 aliphatic rings. The summed E-state index contributed by atoms with van der Waals surface area (Å²) in [7, 11) is 0. The van der Waals surface area contributed by atoms with Crippen molar-refractivity contribution in [1.82, 2.24) is 4.90 Å². The molecule has 0 aromatic heterocycles. The summed E-state index contributed by atoms with van der Waals surface area (Å²) in [6.45, 7) is 6.30. The van der Waals surface area contributed by atoms with E-state index in [1.54, 1.807) is 13.8 Å². The van der Waals surface area contributed by atoms with E-state index in [-0.39, 0.29) is 17.8 Å². The van der Waals surface area contributed by atoms with Crippen LogP contribution in [-0.2, 0) is 4.79 Å². The lowest BCUT2D eigenvalue weighted by molar-refractivity contribution is -0.139. The number of carbonyl (C=O) groups excluding carboxylic acids is 1. The Bertz CT molecular complexity index is 326. The first-order valence-electron chi connectivity index (χ1n) is 6.74. The SMILES string of the molecule is CCC1CCCCCN1C(=O)C(C)(C)C(N)=NO. The van der Waals surface area contributed by atoms with E-state index in [9.17, 15) is 4.79 Å². The van der Waals surface area contributed by atoms with Gasteiger partial charge in [0.05, 0.1) is 0 Å². The van der Waals surface area contributed by atoms with Crippen LogP contribution in [0.15, 0.2) is 5.16 Å². The van der Waals surface area contributed by atoms with Gasteiger partial charge in [-0.1, -0.05) is 24.9 Å². The molecule has 5 heteroatoms.